The number of benzene rings is 1. The van der Waals surface area contributed by atoms with Gasteiger partial charge in [0.05, 0.1) is 0 Å². The van der Waals surface area contributed by atoms with Crippen molar-refractivity contribution in [1.82, 2.24) is 0 Å². The van der Waals surface area contributed by atoms with Crippen LogP contribution in [0.2, 0.25) is 0 Å². The minimum absolute atomic E-state index is 0.189. The van der Waals surface area contributed by atoms with Crippen LogP contribution in [-0.4, -0.2) is 24.0 Å². The Kier molecular flexibility index (Phi) is 7.23. The highest BCUT2D eigenvalue weighted by molar-refractivity contribution is 5.79. The molecule has 0 bridgehead atoms. The molecule has 0 aromatic heterocycles. The number of ketones is 1. The zero-order valence-electron chi connectivity index (χ0n) is 12.4. The Morgan fingerprint density at radius 2 is 2.14 bits per heavy atom. The average molecular weight is 290 g/mol. The molecule has 114 valence electrons. The van der Waals surface area contributed by atoms with Gasteiger partial charge in [-0.25, -0.2) is 0 Å². The number of ether oxygens (including phenoxy) is 1. The first-order valence-corrected chi connectivity index (χ1v) is 7.00. The number of Topliss-reactive ketones (excluding diaryl/α,β-unsaturated/α-hetero) is 1. The molecule has 4 heteroatoms. The standard InChI is InChI=1S/C16H20O2.CH2O2/c1-12-4-3-5-16(10-12)18-11-15(17)7-6-14-8-13(2)9-14;2-1-3/h3-5,10,14H,2,6-9,11H2,1H3;1H,(H,2,3). The van der Waals surface area contributed by atoms with Gasteiger partial charge in [-0.15, -0.1) is 0 Å². The number of allylic oxidation sites excluding steroid dienone is 1. The fourth-order valence-corrected chi connectivity index (χ4v) is 2.27. The summed E-state index contributed by atoms with van der Waals surface area (Å²) >= 11 is 0. The van der Waals surface area contributed by atoms with Crippen LogP contribution < -0.4 is 4.74 Å². The summed E-state index contributed by atoms with van der Waals surface area (Å²) in [5, 5.41) is 6.89. The van der Waals surface area contributed by atoms with E-state index in [1.165, 1.54) is 5.57 Å². The van der Waals surface area contributed by atoms with E-state index in [-0.39, 0.29) is 18.9 Å². The molecule has 1 fully saturated rings. The fourth-order valence-electron chi connectivity index (χ4n) is 2.27. The van der Waals surface area contributed by atoms with E-state index in [1.807, 2.05) is 31.2 Å². The van der Waals surface area contributed by atoms with E-state index in [9.17, 15) is 4.79 Å². The number of carbonyl (C=O) groups excluding carboxylic acids is 1. The monoisotopic (exact) mass is 290 g/mol. The van der Waals surface area contributed by atoms with E-state index in [0.717, 1.165) is 30.6 Å². The Bertz CT molecular complexity index is 485. The lowest BCUT2D eigenvalue weighted by molar-refractivity contribution is -0.123. The lowest BCUT2D eigenvalue weighted by Crippen LogP contribution is -2.17. The van der Waals surface area contributed by atoms with Crippen molar-refractivity contribution in [2.75, 3.05) is 6.61 Å². The Labute approximate surface area is 125 Å². The lowest BCUT2D eigenvalue weighted by Gasteiger charge is -2.27. The summed E-state index contributed by atoms with van der Waals surface area (Å²) in [5.74, 6) is 1.65. The molecule has 1 saturated carbocycles. The van der Waals surface area contributed by atoms with Crippen LogP contribution in [-0.2, 0) is 9.59 Å². The van der Waals surface area contributed by atoms with Gasteiger partial charge in [0.2, 0.25) is 0 Å². The minimum Gasteiger partial charge on any atom is -0.486 e. The van der Waals surface area contributed by atoms with Crippen LogP contribution in [0.5, 0.6) is 5.75 Å². The average Bonchev–Trinajstić information content (AvgIpc) is 2.41. The van der Waals surface area contributed by atoms with Crippen molar-refractivity contribution in [2.45, 2.75) is 32.6 Å². The zero-order valence-corrected chi connectivity index (χ0v) is 12.4. The van der Waals surface area contributed by atoms with Crippen LogP contribution in [0.25, 0.3) is 0 Å². The second kappa shape index (κ2) is 8.95. The molecule has 0 saturated heterocycles. The maximum atomic E-state index is 11.7. The molecule has 1 aliphatic rings. The number of hydrogen-bond donors (Lipinski definition) is 1. The number of carboxylic acid groups (broad SMARTS) is 1. The van der Waals surface area contributed by atoms with Gasteiger partial charge in [-0.1, -0.05) is 24.3 Å². The molecule has 0 spiro atoms. The Morgan fingerprint density at radius 3 is 2.71 bits per heavy atom. The zero-order chi connectivity index (χ0) is 15.7. The second-order valence-electron chi connectivity index (χ2n) is 5.31. The predicted molar refractivity (Wildman–Crippen MR) is 81.5 cm³/mol. The summed E-state index contributed by atoms with van der Waals surface area (Å²) in [6.45, 7) is 5.87. The molecule has 0 atom stereocenters. The van der Waals surface area contributed by atoms with Gasteiger partial charge in [0.15, 0.2) is 5.78 Å². The summed E-state index contributed by atoms with van der Waals surface area (Å²) in [7, 11) is 0. The molecule has 0 heterocycles. The normalized spacial score (nSPS) is 13.7. The first-order chi connectivity index (χ1) is 10.0. The largest absolute Gasteiger partial charge is 0.486 e. The van der Waals surface area contributed by atoms with Crippen molar-refractivity contribution in [3.63, 3.8) is 0 Å². The van der Waals surface area contributed by atoms with Gasteiger partial charge in [-0.3, -0.25) is 9.59 Å². The molecule has 0 unspecified atom stereocenters. The topological polar surface area (TPSA) is 63.6 Å². The summed E-state index contributed by atoms with van der Waals surface area (Å²) < 4.78 is 5.49. The molecule has 1 aromatic rings. The molecule has 21 heavy (non-hydrogen) atoms. The maximum Gasteiger partial charge on any atom is 0.290 e. The first-order valence-electron chi connectivity index (χ1n) is 7.00. The molecule has 4 nitrogen and oxygen atoms in total. The highest BCUT2D eigenvalue weighted by Crippen LogP contribution is 2.34. The van der Waals surface area contributed by atoms with E-state index >= 15 is 0 Å². The van der Waals surface area contributed by atoms with Crippen molar-refractivity contribution >= 4 is 12.3 Å². The highest BCUT2D eigenvalue weighted by Gasteiger charge is 2.21. The van der Waals surface area contributed by atoms with Gasteiger partial charge in [0, 0.05) is 6.42 Å². The third-order valence-corrected chi connectivity index (χ3v) is 3.38. The van der Waals surface area contributed by atoms with E-state index < -0.39 is 0 Å². The quantitative estimate of drug-likeness (QED) is 0.644. The van der Waals surface area contributed by atoms with Crippen LogP contribution >= 0.6 is 0 Å². The minimum atomic E-state index is -0.250. The Balaban J connectivity index is 0.000000677. The second-order valence-corrected chi connectivity index (χ2v) is 5.31. The van der Waals surface area contributed by atoms with E-state index in [0.29, 0.717) is 12.3 Å². The summed E-state index contributed by atoms with van der Waals surface area (Å²) in [5.41, 5.74) is 2.47. The van der Waals surface area contributed by atoms with Crippen molar-refractivity contribution in [3.8, 4) is 5.75 Å². The van der Waals surface area contributed by atoms with E-state index in [1.54, 1.807) is 0 Å². The summed E-state index contributed by atoms with van der Waals surface area (Å²) in [4.78, 5) is 20.0. The third kappa shape index (κ3) is 6.75. The van der Waals surface area contributed by atoms with Gasteiger partial charge >= 0.3 is 0 Å². The van der Waals surface area contributed by atoms with Crippen LogP contribution in [0.4, 0.5) is 0 Å². The molecule has 0 amide bonds. The molecular weight excluding hydrogens is 268 g/mol. The van der Waals surface area contributed by atoms with Gasteiger partial charge in [0.25, 0.3) is 6.47 Å². The van der Waals surface area contributed by atoms with E-state index in [4.69, 9.17) is 14.6 Å². The van der Waals surface area contributed by atoms with Crippen molar-refractivity contribution in [2.24, 2.45) is 5.92 Å². The first kappa shape index (κ1) is 17.0. The van der Waals surface area contributed by atoms with Gasteiger partial charge < -0.3 is 9.84 Å². The van der Waals surface area contributed by atoms with Crippen LogP contribution in [0.3, 0.4) is 0 Å². The molecule has 0 radical (unpaired) electrons. The van der Waals surface area contributed by atoms with Crippen LogP contribution in [0.15, 0.2) is 36.4 Å². The van der Waals surface area contributed by atoms with Crippen molar-refractivity contribution in [3.05, 3.63) is 42.0 Å². The number of carbonyl (C=O) groups is 2. The molecular formula is C17H22O4. The third-order valence-electron chi connectivity index (χ3n) is 3.38. The van der Waals surface area contributed by atoms with E-state index in [2.05, 4.69) is 6.58 Å². The van der Waals surface area contributed by atoms with Crippen molar-refractivity contribution in [1.29, 1.82) is 0 Å². The number of aryl methyl sites for hydroxylation is 1. The SMILES string of the molecule is C=C1CC(CCC(=O)COc2cccc(C)c2)C1.O=CO. The van der Waals surface area contributed by atoms with Crippen molar-refractivity contribution < 1.29 is 19.4 Å². The Hall–Kier alpha value is -2.10. The molecule has 1 N–H and O–H groups in total. The predicted octanol–water partition coefficient (Wildman–Crippen LogP) is 3.39. The molecule has 0 aliphatic heterocycles. The smallest absolute Gasteiger partial charge is 0.290 e. The Morgan fingerprint density at radius 1 is 1.48 bits per heavy atom. The maximum absolute atomic E-state index is 11.7. The summed E-state index contributed by atoms with van der Waals surface area (Å²) in [6, 6.07) is 7.78. The molecule has 1 aromatic carbocycles. The lowest BCUT2D eigenvalue weighted by atomic mass is 9.78. The van der Waals surface area contributed by atoms with Gasteiger partial charge in [-0.2, -0.15) is 0 Å². The molecule has 1 aliphatic carbocycles. The molecule has 2 rings (SSSR count). The van der Waals surface area contributed by atoms with Crippen LogP contribution in [0.1, 0.15) is 31.2 Å². The summed E-state index contributed by atoms with van der Waals surface area (Å²) in [6.07, 6.45) is 3.82. The number of hydrogen-bond acceptors (Lipinski definition) is 3. The number of rotatable bonds is 6. The van der Waals surface area contributed by atoms with Crippen LogP contribution in [0, 0.1) is 12.8 Å². The fraction of sp³-hybridized carbons (Fsp3) is 0.412. The van der Waals surface area contributed by atoms with Gasteiger partial charge in [-0.05, 0) is 49.8 Å². The highest BCUT2D eigenvalue weighted by atomic mass is 16.5. The van der Waals surface area contributed by atoms with Gasteiger partial charge in [0.1, 0.15) is 12.4 Å².